The van der Waals surface area contributed by atoms with Crippen LogP contribution in [0.3, 0.4) is 0 Å². The molecule has 15 heavy (non-hydrogen) atoms. The van der Waals surface area contributed by atoms with Crippen molar-refractivity contribution in [3.8, 4) is 11.8 Å². The Kier molecular flexibility index (Phi) is 2.27. The molecule has 2 heterocycles. The average molecular weight is 201 g/mol. The molecule has 2 rings (SSSR count). The van der Waals surface area contributed by atoms with Crippen LogP contribution in [0.15, 0.2) is 12.5 Å². The molecule has 0 saturated carbocycles. The zero-order valence-corrected chi connectivity index (χ0v) is 8.36. The number of nitrogen functional groups attached to an aromatic ring is 1. The highest BCUT2D eigenvalue weighted by Crippen LogP contribution is 2.21. The van der Waals surface area contributed by atoms with Gasteiger partial charge >= 0.3 is 0 Å². The van der Waals surface area contributed by atoms with Crippen molar-refractivity contribution in [2.24, 2.45) is 12.8 Å². The molecule has 5 heteroatoms. The smallest absolute Gasteiger partial charge is 0.146 e. The van der Waals surface area contributed by atoms with Gasteiger partial charge in [0.15, 0.2) is 0 Å². The zero-order valence-electron chi connectivity index (χ0n) is 8.36. The lowest BCUT2D eigenvalue weighted by Crippen LogP contribution is -1.95. The normalized spacial score (nSPS) is 10.0. The molecule has 0 spiro atoms. The van der Waals surface area contributed by atoms with E-state index in [1.54, 1.807) is 0 Å². The SMILES string of the molecule is Cn1cc(C#CCN)c2c(N)ncnc21. The van der Waals surface area contributed by atoms with Crippen molar-refractivity contribution < 1.29 is 0 Å². The number of rotatable bonds is 0. The van der Waals surface area contributed by atoms with Crippen molar-refractivity contribution in [3.05, 3.63) is 18.1 Å². The Bertz CT molecular complexity index is 558. The Balaban J connectivity index is 2.75. The maximum atomic E-state index is 5.78. The number of fused-ring (bicyclic) bond motifs is 1. The summed E-state index contributed by atoms with van der Waals surface area (Å²) in [6.45, 7) is 0.323. The van der Waals surface area contributed by atoms with E-state index in [1.807, 2.05) is 17.8 Å². The number of aryl methyl sites for hydroxylation is 1. The lowest BCUT2D eigenvalue weighted by Gasteiger charge is -1.95. The van der Waals surface area contributed by atoms with E-state index >= 15 is 0 Å². The summed E-state index contributed by atoms with van der Waals surface area (Å²) in [6, 6.07) is 0. The maximum Gasteiger partial charge on any atom is 0.146 e. The Morgan fingerprint density at radius 1 is 1.47 bits per heavy atom. The number of aromatic nitrogens is 3. The molecule has 0 aliphatic rings. The number of nitrogens with two attached hydrogens (primary N) is 2. The summed E-state index contributed by atoms with van der Waals surface area (Å²) in [5.74, 6) is 6.19. The summed E-state index contributed by atoms with van der Waals surface area (Å²) in [7, 11) is 1.89. The monoisotopic (exact) mass is 201 g/mol. The van der Waals surface area contributed by atoms with Crippen LogP contribution in [0.4, 0.5) is 5.82 Å². The van der Waals surface area contributed by atoms with Crippen LogP contribution in [0.25, 0.3) is 11.0 Å². The van der Waals surface area contributed by atoms with Crippen LogP contribution >= 0.6 is 0 Å². The molecule has 2 aromatic heterocycles. The molecule has 0 aliphatic heterocycles. The summed E-state index contributed by atoms with van der Waals surface area (Å²) in [5, 5.41) is 0.793. The van der Waals surface area contributed by atoms with E-state index < -0.39 is 0 Å². The number of hydrogen-bond acceptors (Lipinski definition) is 4. The van der Waals surface area contributed by atoms with Crippen LogP contribution in [-0.2, 0) is 7.05 Å². The van der Waals surface area contributed by atoms with Gasteiger partial charge in [0, 0.05) is 13.2 Å². The molecule has 0 aliphatic carbocycles. The Morgan fingerprint density at radius 3 is 3.00 bits per heavy atom. The van der Waals surface area contributed by atoms with Gasteiger partial charge in [0.1, 0.15) is 17.8 Å². The zero-order chi connectivity index (χ0) is 10.8. The topological polar surface area (TPSA) is 82.8 Å². The van der Waals surface area contributed by atoms with E-state index in [4.69, 9.17) is 11.5 Å². The molecule has 0 saturated heterocycles. The molecular weight excluding hydrogens is 190 g/mol. The predicted molar refractivity (Wildman–Crippen MR) is 58.9 cm³/mol. The fourth-order valence-electron chi connectivity index (χ4n) is 1.48. The second-order valence-corrected chi connectivity index (χ2v) is 3.12. The van der Waals surface area contributed by atoms with Crippen molar-refractivity contribution in [1.29, 1.82) is 0 Å². The molecule has 0 radical (unpaired) electrons. The summed E-state index contributed by atoms with van der Waals surface area (Å²) in [5.41, 5.74) is 12.7. The van der Waals surface area contributed by atoms with Gasteiger partial charge in [-0.15, -0.1) is 0 Å². The second kappa shape index (κ2) is 3.59. The highest BCUT2D eigenvalue weighted by atomic mass is 15.0. The number of anilines is 1. The predicted octanol–water partition coefficient (Wildman–Crippen LogP) is -0.139. The Hall–Kier alpha value is -2.06. The van der Waals surface area contributed by atoms with Crippen LogP contribution in [0.2, 0.25) is 0 Å². The molecule has 4 N–H and O–H groups in total. The Morgan fingerprint density at radius 2 is 2.27 bits per heavy atom. The van der Waals surface area contributed by atoms with Crippen molar-refractivity contribution in [3.63, 3.8) is 0 Å². The van der Waals surface area contributed by atoms with E-state index in [1.165, 1.54) is 6.33 Å². The highest BCUT2D eigenvalue weighted by Gasteiger charge is 2.09. The molecule has 2 aromatic rings. The molecule has 0 unspecified atom stereocenters. The molecule has 0 atom stereocenters. The third-order valence-corrected chi connectivity index (χ3v) is 2.11. The number of hydrogen-bond donors (Lipinski definition) is 2. The molecule has 5 nitrogen and oxygen atoms in total. The Labute approximate surface area is 87.1 Å². The third kappa shape index (κ3) is 1.51. The van der Waals surface area contributed by atoms with Crippen LogP contribution in [-0.4, -0.2) is 21.1 Å². The van der Waals surface area contributed by atoms with Crippen LogP contribution in [0.1, 0.15) is 5.56 Å². The van der Waals surface area contributed by atoms with E-state index in [2.05, 4.69) is 21.8 Å². The maximum absolute atomic E-state index is 5.78. The third-order valence-electron chi connectivity index (χ3n) is 2.11. The first-order valence-electron chi connectivity index (χ1n) is 4.48. The van der Waals surface area contributed by atoms with Gasteiger partial charge < -0.3 is 16.0 Å². The molecule has 0 amide bonds. The standard InChI is InChI=1S/C10H11N5/c1-15-5-7(3-2-4-11)8-9(12)13-6-14-10(8)15/h5-6H,4,11H2,1H3,(H2,12,13,14). The molecule has 76 valence electrons. The first kappa shape index (κ1) is 9.49. The minimum atomic E-state index is 0.323. The lowest BCUT2D eigenvalue weighted by atomic mass is 10.2. The summed E-state index contributed by atoms with van der Waals surface area (Å²) in [4.78, 5) is 8.09. The summed E-state index contributed by atoms with van der Waals surface area (Å²) >= 11 is 0. The molecular formula is C10H11N5. The van der Waals surface area contributed by atoms with Crippen molar-refractivity contribution >= 4 is 16.9 Å². The van der Waals surface area contributed by atoms with Crippen LogP contribution in [0, 0.1) is 11.8 Å². The van der Waals surface area contributed by atoms with Crippen LogP contribution in [0.5, 0.6) is 0 Å². The first-order chi connectivity index (χ1) is 7.24. The summed E-state index contributed by atoms with van der Waals surface area (Å²) < 4.78 is 1.87. The van der Waals surface area contributed by atoms with Gasteiger partial charge in [-0.25, -0.2) is 9.97 Å². The average Bonchev–Trinajstić information content (AvgIpc) is 2.55. The lowest BCUT2D eigenvalue weighted by molar-refractivity contribution is 0.943. The van der Waals surface area contributed by atoms with Gasteiger partial charge in [-0.1, -0.05) is 11.8 Å². The van der Waals surface area contributed by atoms with Gasteiger partial charge in [-0.05, 0) is 0 Å². The second-order valence-electron chi connectivity index (χ2n) is 3.12. The first-order valence-corrected chi connectivity index (χ1v) is 4.48. The minimum Gasteiger partial charge on any atom is -0.383 e. The van der Waals surface area contributed by atoms with Gasteiger partial charge in [0.2, 0.25) is 0 Å². The van der Waals surface area contributed by atoms with Crippen molar-refractivity contribution in [2.75, 3.05) is 12.3 Å². The quantitative estimate of drug-likeness (QED) is 0.581. The van der Waals surface area contributed by atoms with Gasteiger partial charge in [-0.3, -0.25) is 0 Å². The molecule has 0 bridgehead atoms. The van der Waals surface area contributed by atoms with Crippen molar-refractivity contribution in [1.82, 2.24) is 14.5 Å². The molecule has 0 fully saturated rings. The van der Waals surface area contributed by atoms with E-state index in [0.29, 0.717) is 12.4 Å². The fourth-order valence-corrected chi connectivity index (χ4v) is 1.48. The van der Waals surface area contributed by atoms with Gasteiger partial charge in [0.05, 0.1) is 17.5 Å². The van der Waals surface area contributed by atoms with Crippen molar-refractivity contribution in [2.45, 2.75) is 0 Å². The van der Waals surface area contributed by atoms with E-state index in [0.717, 1.165) is 16.6 Å². The van der Waals surface area contributed by atoms with E-state index in [9.17, 15) is 0 Å². The van der Waals surface area contributed by atoms with Crippen LogP contribution < -0.4 is 11.5 Å². The number of nitrogens with zero attached hydrogens (tertiary/aromatic N) is 3. The van der Waals surface area contributed by atoms with Gasteiger partial charge in [-0.2, -0.15) is 0 Å². The highest BCUT2D eigenvalue weighted by molar-refractivity contribution is 5.92. The molecule has 0 aromatic carbocycles. The van der Waals surface area contributed by atoms with E-state index in [-0.39, 0.29) is 0 Å². The van der Waals surface area contributed by atoms with Gasteiger partial charge in [0.25, 0.3) is 0 Å². The fraction of sp³-hybridized carbons (Fsp3) is 0.200. The summed E-state index contributed by atoms with van der Waals surface area (Å²) in [6.07, 6.45) is 3.32. The minimum absolute atomic E-state index is 0.323. The largest absolute Gasteiger partial charge is 0.383 e.